The van der Waals surface area contributed by atoms with E-state index in [0.29, 0.717) is 34.4 Å². The summed E-state index contributed by atoms with van der Waals surface area (Å²) in [6.45, 7) is 9.22. The Balaban J connectivity index is 0.00000171. The highest BCUT2D eigenvalue weighted by Crippen LogP contribution is 2.33. The summed E-state index contributed by atoms with van der Waals surface area (Å²) in [5.74, 6) is 0.708. The van der Waals surface area contributed by atoms with Crippen LogP contribution in [0.15, 0.2) is 36.7 Å². The summed E-state index contributed by atoms with van der Waals surface area (Å²) in [6, 6.07) is 7.67. The van der Waals surface area contributed by atoms with Crippen molar-refractivity contribution in [1.29, 1.82) is 0 Å². The number of anilines is 1. The van der Waals surface area contributed by atoms with E-state index in [4.69, 9.17) is 0 Å². The van der Waals surface area contributed by atoms with Crippen LogP contribution >= 0.6 is 24.8 Å². The predicted octanol–water partition coefficient (Wildman–Crippen LogP) is 3.26. The third-order valence-electron chi connectivity index (χ3n) is 6.00. The van der Waals surface area contributed by atoms with E-state index in [1.165, 1.54) is 4.80 Å². The Morgan fingerprint density at radius 2 is 1.80 bits per heavy atom. The Morgan fingerprint density at radius 3 is 2.49 bits per heavy atom. The second-order valence-corrected chi connectivity index (χ2v) is 9.45. The third-order valence-corrected chi connectivity index (χ3v) is 6.00. The molecule has 1 aromatic carbocycles. The van der Waals surface area contributed by atoms with Gasteiger partial charge in [0.15, 0.2) is 0 Å². The predicted molar refractivity (Wildman–Crippen MR) is 140 cm³/mol. The van der Waals surface area contributed by atoms with E-state index in [-0.39, 0.29) is 36.0 Å². The minimum absolute atomic E-state index is 0. The number of benzene rings is 1. The normalized spacial score (nSPS) is 16.0. The number of aromatic hydroxyl groups is 1. The minimum Gasteiger partial charge on any atom is -0.507 e. The van der Waals surface area contributed by atoms with Crippen molar-refractivity contribution in [2.45, 2.75) is 26.8 Å². The molecule has 1 aliphatic heterocycles. The fraction of sp³-hybridized carbons (Fsp3) is 0.391. The molecule has 12 heteroatoms. The summed E-state index contributed by atoms with van der Waals surface area (Å²) < 4.78 is 0. The van der Waals surface area contributed by atoms with Crippen molar-refractivity contribution in [2.75, 3.05) is 24.5 Å². The number of hydrogen-bond acceptors (Lipinski definition) is 9. The minimum atomic E-state index is 0. The Kier molecular flexibility index (Phi) is 7.78. The van der Waals surface area contributed by atoms with Crippen LogP contribution in [0.5, 0.6) is 5.75 Å². The molecule has 1 saturated heterocycles. The first kappa shape index (κ1) is 26.5. The number of phenolic OH excluding ortho intramolecular Hbond substituents is 1. The highest BCUT2D eigenvalue weighted by atomic mass is 35.5. The van der Waals surface area contributed by atoms with Crippen LogP contribution in [0.2, 0.25) is 0 Å². The van der Waals surface area contributed by atoms with Crippen LogP contribution in [0.1, 0.15) is 20.8 Å². The highest BCUT2D eigenvalue weighted by molar-refractivity contribution is 5.85. The molecule has 0 saturated carbocycles. The molecular weight excluding hydrogens is 489 g/mol. The van der Waals surface area contributed by atoms with Gasteiger partial charge in [0.25, 0.3) is 0 Å². The summed E-state index contributed by atoms with van der Waals surface area (Å²) in [5.41, 5.74) is 4.19. The van der Waals surface area contributed by atoms with Gasteiger partial charge in [-0.2, -0.15) is 9.90 Å². The second-order valence-electron chi connectivity index (χ2n) is 9.45. The molecule has 2 N–H and O–H groups in total. The van der Waals surface area contributed by atoms with E-state index >= 15 is 0 Å². The van der Waals surface area contributed by atoms with Gasteiger partial charge in [0.2, 0.25) is 11.6 Å². The number of halogens is 2. The molecule has 3 aromatic heterocycles. The molecule has 0 bridgehead atoms. The molecule has 10 nitrogen and oxygen atoms in total. The topological polar surface area (TPSA) is 118 Å². The number of pyridine rings is 1. The van der Waals surface area contributed by atoms with E-state index < -0.39 is 0 Å². The number of hydrogen-bond donors (Lipinski definition) is 2. The monoisotopic (exact) mass is 517 g/mol. The zero-order chi connectivity index (χ0) is 23.2. The number of aromatic nitrogens is 7. The zero-order valence-corrected chi connectivity index (χ0v) is 21.6. The van der Waals surface area contributed by atoms with Gasteiger partial charge in [-0.15, -0.1) is 40.1 Å². The van der Waals surface area contributed by atoms with Gasteiger partial charge in [0.1, 0.15) is 17.0 Å². The smallest absolute Gasteiger partial charge is 0.245 e. The number of rotatable bonds is 3. The summed E-state index contributed by atoms with van der Waals surface area (Å²) in [6.07, 6.45) is 3.39. The Hall–Kier alpha value is -3.08. The molecule has 1 fully saturated rings. The van der Waals surface area contributed by atoms with Gasteiger partial charge < -0.3 is 15.3 Å². The van der Waals surface area contributed by atoms with Crippen molar-refractivity contribution in [2.24, 2.45) is 12.5 Å². The number of fused-ring (bicyclic) bond motifs is 1. The van der Waals surface area contributed by atoms with Crippen molar-refractivity contribution >= 4 is 41.9 Å². The van der Waals surface area contributed by atoms with Crippen LogP contribution in [-0.2, 0) is 7.05 Å². The lowest BCUT2D eigenvalue weighted by atomic mass is 9.85. The van der Waals surface area contributed by atoms with E-state index in [9.17, 15) is 5.11 Å². The van der Waals surface area contributed by atoms with Crippen LogP contribution in [0.25, 0.3) is 33.5 Å². The van der Waals surface area contributed by atoms with E-state index in [2.05, 4.69) is 61.4 Å². The molecule has 186 valence electrons. The van der Waals surface area contributed by atoms with Crippen LogP contribution in [0.4, 0.5) is 5.95 Å². The molecular formula is C23H29Cl2N9O. The van der Waals surface area contributed by atoms with Crippen molar-refractivity contribution < 1.29 is 5.11 Å². The van der Waals surface area contributed by atoms with Gasteiger partial charge >= 0.3 is 0 Å². The first-order chi connectivity index (χ1) is 15.8. The molecule has 1 aliphatic rings. The average molecular weight is 518 g/mol. The standard InChI is InChI=1S/C23H27N9O.2ClH/c1-23(2,3)20-13-32(8-7-24-20)22-26-12-18(27-28-22)16-6-5-14(10-19(16)33)15-9-17-21(25-11-15)30-31(4)29-17;;/h5-6,9-12,20,24,33H,7-8,13H2,1-4H3;2*1H/t20-;;/m1../s1. The lowest BCUT2D eigenvalue weighted by Gasteiger charge is -2.40. The molecule has 0 amide bonds. The van der Waals surface area contributed by atoms with Crippen molar-refractivity contribution in [3.63, 3.8) is 0 Å². The summed E-state index contributed by atoms with van der Waals surface area (Å²) in [5, 5.41) is 31.5. The quantitative estimate of drug-likeness (QED) is 0.421. The SMILES string of the molecule is Cl.Cl.Cn1nc2cc(-c3ccc(-c4cnc(N5CCN[C@@H](C(C)(C)C)C5)nn4)c(O)c3)cnc2n1. The maximum atomic E-state index is 10.7. The molecule has 35 heavy (non-hydrogen) atoms. The number of nitrogens with zero attached hydrogens (tertiary/aromatic N) is 8. The highest BCUT2D eigenvalue weighted by Gasteiger charge is 2.30. The molecule has 0 unspecified atom stereocenters. The van der Waals surface area contributed by atoms with Gasteiger partial charge in [-0.25, -0.2) is 9.97 Å². The fourth-order valence-electron chi connectivity index (χ4n) is 4.05. The first-order valence-electron chi connectivity index (χ1n) is 11.0. The van der Waals surface area contributed by atoms with Gasteiger partial charge in [0.05, 0.1) is 6.20 Å². The molecule has 0 radical (unpaired) electrons. The number of phenols is 1. The maximum Gasteiger partial charge on any atom is 0.245 e. The van der Waals surface area contributed by atoms with Crippen molar-refractivity contribution in [3.05, 3.63) is 36.7 Å². The van der Waals surface area contributed by atoms with E-state index in [0.717, 1.165) is 30.8 Å². The van der Waals surface area contributed by atoms with E-state index in [1.54, 1.807) is 25.5 Å². The van der Waals surface area contributed by atoms with Gasteiger partial charge in [-0.3, -0.25) is 0 Å². The molecule has 0 aliphatic carbocycles. The van der Waals surface area contributed by atoms with Crippen LogP contribution in [0, 0.1) is 5.41 Å². The lowest BCUT2D eigenvalue weighted by Crippen LogP contribution is -2.56. The summed E-state index contributed by atoms with van der Waals surface area (Å²) >= 11 is 0. The molecule has 0 spiro atoms. The summed E-state index contributed by atoms with van der Waals surface area (Å²) in [7, 11) is 1.76. The fourth-order valence-corrected chi connectivity index (χ4v) is 4.05. The lowest BCUT2D eigenvalue weighted by molar-refractivity contribution is 0.252. The van der Waals surface area contributed by atoms with Gasteiger partial charge in [-0.05, 0) is 29.2 Å². The number of nitrogens with one attached hydrogen (secondary N) is 1. The Labute approximate surface area is 216 Å². The van der Waals surface area contributed by atoms with Crippen molar-refractivity contribution in [1.82, 2.24) is 40.5 Å². The first-order valence-corrected chi connectivity index (χ1v) is 11.0. The largest absolute Gasteiger partial charge is 0.507 e. The van der Waals surface area contributed by atoms with E-state index in [1.807, 2.05) is 18.2 Å². The maximum absolute atomic E-state index is 10.7. The van der Waals surface area contributed by atoms with Gasteiger partial charge in [-0.1, -0.05) is 26.8 Å². The zero-order valence-electron chi connectivity index (χ0n) is 20.0. The molecule has 4 heterocycles. The average Bonchev–Trinajstić information content (AvgIpc) is 3.18. The van der Waals surface area contributed by atoms with Crippen LogP contribution in [-0.4, -0.2) is 65.9 Å². The molecule has 5 rings (SSSR count). The summed E-state index contributed by atoms with van der Waals surface area (Å²) in [4.78, 5) is 12.5. The number of aryl methyl sites for hydroxylation is 1. The Morgan fingerprint density at radius 1 is 1.00 bits per heavy atom. The van der Waals surface area contributed by atoms with Crippen LogP contribution < -0.4 is 10.2 Å². The third kappa shape index (κ3) is 5.44. The second kappa shape index (κ2) is 10.3. The number of piperazine rings is 1. The van der Waals surface area contributed by atoms with Gasteiger partial charge in [0, 0.05) is 50.0 Å². The van der Waals surface area contributed by atoms with Crippen LogP contribution in [0.3, 0.4) is 0 Å². The van der Waals surface area contributed by atoms with Crippen molar-refractivity contribution in [3.8, 4) is 28.1 Å². The molecule has 1 atom stereocenters. The Bertz CT molecular complexity index is 1300. The molecule has 4 aromatic rings.